The molecular formula is C26H28N6O3. The van der Waals surface area contributed by atoms with Gasteiger partial charge in [-0.1, -0.05) is 18.1 Å². The number of H-pyrrole nitrogens is 1. The number of piperidine rings is 1. The van der Waals surface area contributed by atoms with Crippen LogP contribution in [0, 0.1) is 17.8 Å². The van der Waals surface area contributed by atoms with Crippen molar-refractivity contribution in [3.8, 4) is 23.1 Å². The van der Waals surface area contributed by atoms with Gasteiger partial charge < -0.3 is 19.9 Å². The van der Waals surface area contributed by atoms with E-state index in [0.717, 1.165) is 72.8 Å². The number of aromatic amines is 1. The second-order valence-corrected chi connectivity index (χ2v) is 8.80. The Morgan fingerprint density at radius 1 is 1.14 bits per heavy atom. The van der Waals surface area contributed by atoms with E-state index in [2.05, 4.69) is 48.0 Å². The van der Waals surface area contributed by atoms with Crippen LogP contribution >= 0.6 is 0 Å². The van der Waals surface area contributed by atoms with Gasteiger partial charge in [0.1, 0.15) is 17.8 Å². The van der Waals surface area contributed by atoms with E-state index in [1.54, 1.807) is 6.33 Å². The first-order chi connectivity index (χ1) is 17.2. The van der Waals surface area contributed by atoms with Crippen LogP contribution < -0.4 is 10.2 Å². The molecule has 2 saturated heterocycles. The molecule has 0 unspecified atom stereocenters. The van der Waals surface area contributed by atoms with E-state index < -0.39 is 0 Å². The highest BCUT2D eigenvalue weighted by Crippen LogP contribution is 2.30. The Balaban J connectivity index is 1.22. The van der Waals surface area contributed by atoms with E-state index in [0.29, 0.717) is 26.0 Å². The molecule has 5 rings (SSSR count). The zero-order chi connectivity index (χ0) is 24.0. The molecule has 3 aromatic rings. The van der Waals surface area contributed by atoms with E-state index in [9.17, 15) is 9.59 Å². The molecule has 0 aliphatic carbocycles. The van der Waals surface area contributed by atoms with Gasteiger partial charge in [0.2, 0.25) is 5.91 Å². The fraction of sp³-hybridized carbons (Fsp3) is 0.385. The van der Waals surface area contributed by atoms with Crippen molar-refractivity contribution in [3.05, 3.63) is 36.7 Å². The van der Waals surface area contributed by atoms with Crippen molar-refractivity contribution in [2.24, 2.45) is 5.92 Å². The second kappa shape index (κ2) is 10.7. The Bertz CT molecular complexity index is 1250. The molecule has 0 atom stereocenters. The quantitative estimate of drug-likeness (QED) is 0.434. The average molecular weight is 473 g/mol. The molecule has 0 spiro atoms. The van der Waals surface area contributed by atoms with Crippen LogP contribution in [0.1, 0.15) is 12.8 Å². The summed E-state index contributed by atoms with van der Waals surface area (Å²) in [6, 6.07) is 9.93. The van der Waals surface area contributed by atoms with Crippen LogP contribution in [0.4, 0.5) is 11.5 Å². The molecule has 0 saturated carbocycles. The molecule has 2 aromatic heterocycles. The minimum absolute atomic E-state index is 0.0177. The molecule has 0 radical (unpaired) electrons. The molecule has 2 aliphatic rings. The van der Waals surface area contributed by atoms with Gasteiger partial charge in [-0.3, -0.25) is 14.5 Å². The van der Waals surface area contributed by atoms with Crippen molar-refractivity contribution in [2.45, 2.75) is 12.8 Å². The number of ether oxygens (including phenoxy) is 1. The van der Waals surface area contributed by atoms with E-state index >= 15 is 0 Å². The lowest BCUT2D eigenvalue weighted by Crippen LogP contribution is -2.38. The van der Waals surface area contributed by atoms with Gasteiger partial charge in [-0.25, -0.2) is 9.97 Å². The number of nitrogens with zero attached hydrogens (tertiary/aromatic N) is 4. The fourth-order valence-corrected chi connectivity index (χ4v) is 4.64. The van der Waals surface area contributed by atoms with Gasteiger partial charge in [-0.05, 0) is 55.6 Å². The number of amides is 1. The second-order valence-electron chi connectivity index (χ2n) is 8.80. The van der Waals surface area contributed by atoms with Gasteiger partial charge >= 0.3 is 0 Å². The number of anilines is 2. The molecule has 2 aliphatic heterocycles. The summed E-state index contributed by atoms with van der Waals surface area (Å²) in [6.07, 6.45) is 3.78. The smallest absolute Gasteiger partial charge is 0.227 e. The van der Waals surface area contributed by atoms with E-state index in [1.807, 2.05) is 24.3 Å². The molecular weight excluding hydrogens is 444 g/mol. The maximum absolute atomic E-state index is 12.8. The number of rotatable bonds is 5. The largest absolute Gasteiger partial charge is 0.378 e. The lowest BCUT2D eigenvalue weighted by Gasteiger charge is -2.29. The number of aldehydes is 1. The molecule has 9 nitrogen and oxygen atoms in total. The van der Waals surface area contributed by atoms with Gasteiger partial charge in [-0.15, -0.1) is 0 Å². The Labute approximate surface area is 203 Å². The molecule has 9 heteroatoms. The van der Waals surface area contributed by atoms with Gasteiger partial charge in [-0.2, -0.15) is 0 Å². The fourth-order valence-electron chi connectivity index (χ4n) is 4.64. The summed E-state index contributed by atoms with van der Waals surface area (Å²) in [5.74, 6) is 6.22. The van der Waals surface area contributed by atoms with Crippen molar-refractivity contribution in [3.63, 3.8) is 0 Å². The minimum Gasteiger partial charge on any atom is -0.378 e. The van der Waals surface area contributed by atoms with Gasteiger partial charge in [0.15, 0.2) is 6.29 Å². The number of likely N-dealkylation sites (tertiary alicyclic amines) is 1. The number of fused-ring (bicyclic) bond motifs is 1. The molecule has 4 heterocycles. The molecule has 2 N–H and O–H groups in total. The average Bonchev–Trinajstić information content (AvgIpc) is 3.35. The van der Waals surface area contributed by atoms with Gasteiger partial charge in [0, 0.05) is 30.4 Å². The summed E-state index contributed by atoms with van der Waals surface area (Å²) >= 11 is 0. The van der Waals surface area contributed by atoms with Crippen molar-refractivity contribution in [1.29, 1.82) is 0 Å². The van der Waals surface area contributed by atoms with Crippen LogP contribution in [0.3, 0.4) is 0 Å². The summed E-state index contributed by atoms with van der Waals surface area (Å²) < 4.78 is 5.47. The number of benzene rings is 1. The molecule has 1 aromatic carbocycles. The monoisotopic (exact) mass is 472 g/mol. The third kappa shape index (κ3) is 5.34. The van der Waals surface area contributed by atoms with Crippen molar-refractivity contribution < 1.29 is 14.3 Å². The number of carbonyl (C=O) groups excluding carboxylic acids is 2. The predicted octanol–water partition coefficient (Wildman–Crippen LogP) is 2.31. The summed E-state index contributed by atoms with van der Waals surface area (Å²) in [7, 11) is 0. The maximum atomic E-state index is 12.8. The predicted molar refractivity (Wildman–Crippen MR) is 134 cm³/mol. The third-order valence-corrected chi connectivity index (χ3v) is 6.60. The number of morpholine rings is 1. The number of aromatic nitrogens is 3. The maximum Gasteiger partial charge on any atom is 0.227 e. The summed E-state index contributed by atoms with van der Waals surface area (Å²) in [5, 5.41) is 4.04. The number of nitrogens with one attached hydrogen (secondary N) is 2. The van der Waals surface area contributed by atoms with Crippen molar-refractivity contribution in [1.82, 2.24) is 19.9 Å². The van der Waals surface area contributed by atoms with Crippen LogP contribution in [-0.4, -0.2) is 78.0 Å². The first-order valence-corrected chi connectivity index (χ1v) is 11.9. The highest BCUT2D eigenvalue weighted by molar-refractivity contribution is 5.94. The van der Waals surface area contributed by atoms with Crippen molar-refractivity contribution in [2.75, 3.05) is 56.2 Å². The van der Waals surface area contributed by atoms with E-state index in [-0.39, 0.29) is 11.8 Å². The first-order valence-electron chi connectivity index (χ1n) is 11.9. The lowest BCUT2D eigenvalue weighted by molar-refractivity contribution is -0.121. The number of carbonyl (C=O) groups is 2. The van der Waals surface area contributed by atoms with Crippen LogP contribution in [0.5, 0.6) is 0 Å². The van der Waals surface area contributed by atoms with Crippen LogP contribution in [0.15, 0.2) is 36.7 Å². The Morgan fingerprint density at radius 2 is 1.91 bits per heavy atom. The minimum atomic E-state index is -0.0177. The number of hydrogen-bond donors (Lipinski definition) is 2. The zero-order valence-electron chi connectivity index (χ0n) is 19.5. The van der Waals surface area contributed by atoms with Crippen LogP contribution in [0.25, 0.3) is 22.3 Å². The molecule has 1 amide bonds. The summed E-state index contributed by atoms with van der Waals surface area (Å²) in [4.78, 5) is 39.8. The highest BCUT2D eigenvalue weighted by Gasteiger charge is 2.24. The Kier molecular flexibility index (Phi) is 7.02. The van der Waals surface area contributed by atoms with Crippen LogP contribution in [0.2, 0.25) is 0 Å². The SMILES string of the molecule is O=CC#CCN1CCC(C(=O)Nc2ccc(-c3cc4c(N5CCOCC5)ncnc4[nH]3)cc2)CC1. The van der Waals surface area contributed by atoms with E-state index in [1.165, 1.54) is 0 Å². The first kappa shape index (κ1) is 23.0. The van der Waals surface area contributed by atoms with Crippen LogP contribution in [-0.2, 0) is 14.3 Å². The normalized spacial score (nSPS) is 17.1. The molecule has 35 heavy (non-hydrogen) atoms. The van der Waals surface area contributed by atoms with E-state index in [4.69, 9.17) is 4.74 Å². The molecule has 180 valence electrons. The summed E-state index contributed by atoms with van der Waals surface area (Å²) in [6.45, 7) is 5.21. The topological polar surface area (TPSA) is 103 Å². The third-order valence-electron chi connectivity index (χ3n) is 6.60. The lowest BCUT2D eigenvalue weighted by atomic mass is 9.96. The summed E-state index contributed by atoms with van der Waals surface area (Å²) in [5.41, 5.74) is 3.55. The zero-order valence-corrected chi connectivity index (χ0v) is 19.5. The standard InChI is InChI=1S/C26H28N6O3/c33-14-2-1-9-31-10-7-20(8-11-31)26(34)29-21-5-3-19(4-6-21)23-17-22-24(30-23)27-18-28-25(22)32-12-15-35-16-13-32/h3-6,14,17-18,20H,7-13,15-16H2,(H,29,34)(H,27,28,30). The number of hydrogen-bond acceptors (Lipinski definition) is 7. The highest BCUT2D eigenvalue weighted by atomic mass is 16.5. The Morgan fingerprint density at radius 3 is 2.66 bits per heavy atom. The molecule has 2 fully saturated rings. The van der Waals surface area contributed by atoms with Crippen molar-refractivity contribution >= 4 is 34.7 Å². The molecule has 0 bridgehead atoms. The van der Waals surface area contributed by atoms with Gasteiger partial charge in [0.25, 0.3) is 0 Å². The van der Waals surface area contributed by atoms with Gasteiger partial charge in [0.05, 0.1) is 25.1 Å². The Hall–Kier alpha value is -3.74.